The van der Waals surface area contributed by atoms with Crippen molar-refractivity contribution in [1.82, 2.24) is 39.9 Å². The first kappa shape index (κ1) is 106. The van der Waals surface area contributed by atoms with Crippen LogP contribution in [0, 0.1) is 0 Å². The van der Waals surface area contributed by atoms with Crippen molar-refractivity contribution in [2.24, 2.45) is 0 Å². The fraction of sp³-hybridized carbons (Fsp3) is 0.652. The second-order valence-electron chi connectivity index (χ2n) is 28.5. The second kappa shape index (κ2) is 67.0. The highest BCUT2D eigenvalue weighted by atomic mass is 32.2. The molecule has 0 saturated heterocycles. The number of ether oxygens (including phenoxy) is 24. The first-order valence-electron chi connectivity index (χ1n) is 45.2. The van der Waals surface area contributed by atoms with E-state index in [-0.39, 0.29) is 21.0 Å². The molecule has 2 aliphatic heterocycles. The van der Waals surface area contributed by atoms with Crippen LogP contribution in [0.1, 0.15) is 55.4 Å². The fourth-order valence-corrected chi connectivity index (χ4v) is 17.0. The minimum atomic E-state index is -0.147. The SMILES string of the molecule is CCOCCOCCOCC(COCCOCCOCC)Sc1ccc2c(c1)-c1nc-2nc2[nH]c(nc3nc(nc4[nH]c(n1)c1ccc(SC(COCCOCCOCC)COCCOCCOCC)cc41)-c1ccc(SC(COCCOCCOCC)COCCOCCOCC)cc1-3)c1ccc(SC(COCCOCCOCC)COCCOCCOCC)cc21. The van der Waals surface area contributed by atoms with Crippen molar-refractivity contribution in [2.75, 3.05) is 317 Å². The van der Waals surface area contributed by atoms with E-state index in [0.717, 1.165) is 63.4 Å². The molecule has 3 aromatic heterocycles. The molecule has 0 unspecified atom stereocenters. The number of aromatic nitrogens is 8. The molecule has 5 heterocycles. The Kier molecular flexibility index (Phi) is 55.6. The lowest BCUT2D eigenvalue weighted by Gasteiger charge is -2.18. The normalized spacial score (nSPS) is 12.2. The van der Waals surface area contributed by atoms with Gasteiger partial charge in [-0.3, -0.25) is 0 Å². The number of rotatable bonds is 80. The number of thioether (sulfide) groups is 4. The smallest absolute Gasteiger partial charge is 0.164 e. The lowest BCUT2D eigenvalue weighted by molar-refractivity contribution is 0.00330. The van der Waals surface area contributed by atoms with Crippen LogP contribution >= 0.6 is 47.0 Å². The van der Waals surface area contributed by atoms with E-state index in [9.17, 15) is 0 Å². The third-order valence-electron chi connectivity index (χ3n) is 18.9. The van der Waals surface area contributed by atoms with Crippen molar-refractivity contribution < 1.29 is 114 Å². The quantitative estimate of drug-likeness (QED) is 0.0264. The molecule has 0 aliphatic carbocycles. The molecule has 714 valence electrons. The molecule has 7 aromatic rings. The van der Waals surface area contributed by atoms with E-state index in [1.54, 1.807) is 47.0 Å². The number of nitrogens with one attached hydrogen (secondary N) is 2. The Morgan fingerprint density at radius 2 is 0.375 bits per heavy atom. The number of hydrogen-bond donors (Lipinski definition) is 2. The highest BCUT2D eigenvalue weighted by Crippen LogP contribution is 2.42. The Morgan fingerprint density at radius 3 is 0.594 bits per heavy atom. The van der Waals surface area contributed by atoms with Crippen LogP contribution in [-0.4, -0.2) is 378 Å². The number of H-pyrrole nitrogens is 2. The first-order valence-corrected chi connectivity index (χ1v) is 48.7. The minimum absolute atomic E-state index is 0.145. The lowest BCUT2D eigenvalue weighted by atomic mass is 10.1. The molecule has 0 amide bonds. The van der Waals surface area contributed by atoms with Gasteiger partial charge in [-0.15, -0.1) is 47.0 Å². The molecular formula is C92H138N8O24S4. The number of aromatic amines is 2. The highest BCUT2D eigenvalue weighted by molar-refractivity contribution is 8.00. The Labute approximate surface area is 771 Å². The molecule has 8 bridgehead atoms. The van der Waals surface area contributed by atoms with Crippen LogP contribution in [0.15, 0.2) is 92.4 Å². The molecule has 36 heteroatoms. The van der Waals surface area contributed by atoms with Crippen LogP contribution in [-0.2, 0) is 114 Å². The van der Waals surface area contributed by atoms with Gasteiger partial charge in [0.15, 0.2) is 23.3 Å². The summed E-state index contributed by atoms with van der Waals surface area (Å²) in [6.45, 7) is 38.1. The Hall–Kier alpha value is -5.32. The second-order valence-corrected chi connectivity index (χ2v) is 34.0. The van der Waals surface area contributed by atoms with E-state index >= 15 is 0 Å². The molecule has 0 fully saturated rings. The largest absolute Gasteiger partial charge is 0.379 e. The van der Waals surface area contributed by atoms with E-state index in [1.165, 1.54) is 0 Å². The molecule has 0 saturated carbocycles. The zero-order valence-electron chi connectivity index (χ0n) is 76.3. The predicted molar refractivity (Wildman–Crippen MR) is 500 cm³/mol. The van der Waals surface area contributed by atoms with Crippen LogP contribution in [0.5, 0.6) is 0 Å². The third kappa shape index (κ3) is 40.5. The summed E-state index contributed by atoms with van der Waals surface area (Å²) >= 11 is 6.58. The topological polar surface area (TPSA) is 330 Å². The fourth-order valence-electron chi connectivity index (χ4n) is 12.8. The van der Waals surface area contributed by atoms with Gasteiger partial charge in [0.05, 0.1) is 285 Å². The van der Waals surface area contributed by atoms with Crippen molar-refractivity contribution in [3.8, 4) is 45.6 Å². The zero-order chi connectivity index (χ0) is 89.7. The van der Waals surface area contributed by atoms with E-state index in [4.69, 9.17) is 144 Å². The molecule has 0 atom stereocenters. The Bertz CT molecular complexity index is 3960. The molecule has 0 spiro atoms. The van der Waals surface area contributed by atoms with Gasteiger partial charge in [-0.1, -0.05) is 0 Å². The maximum absolute atomic E-state index is 6.33. The van der Waals surface area contributed by atoms with Gasteiger partial charge in [0.1, 0.15) is 22.6 Å². The van der Waals surface area contributed by atoms with Crippen LogP contribution in [0.2, 0.25) is 0 Å². The van der Waals surface area contributed by atoms with Gasteiger partial charge in [0.25, 0.3) is 0 Å². The Balaban J connectivity index is 1.18. The zero-order valence-corrected chi connectivity index (χ0v) is 79.6. The van der Waals surface area contributed by atoms with Gasteiger partial charge in [-0.25, -0.2) is 29.9 Å². The van der Waals surface area contributed by atoms with Crippen LogP contribution < -0.4 is 0 Å². The lowest BCUT2D eigenvalue weighted by Crippen LogP contribution is -2.22. The summed E-state index contributed by atoms with van der Waals surface area (Å²) in [5, 5.41) is 2.55. The van der Waals surface area contributed by atoms with Crippen molar-refractivity contribution in [3.63, 3.8) is 0 Å². The highest BCUT2D eigenvalue weighted by Gasteiger charge is 2.27. The summed E-state index contributed by atoms with van der Waals surface area (Å²) in [5.74, 6) is 1.70. The van der Waals surface area contributed by atoms with Crippen LogP contribution in [0.3, 0.4) is 0 Å². The number of fused-ring (bicyclic) bond motifs is 20. The van der Waals surface area contributed by atoms with Crippen molar-refractivity contribution in [2.45, 2.75) is 96.0 Å². The molecular weight excluding hydrogens is 1730 g/mol. The average Bonchev–Trinajstić information content (AvgIpc) is 1.60. The van der Waals surface area contributed by atoms with Crippen LogP contribution in [0.4, 0.5) is 0 Å². The number of nitrogens with zero attached hydrogens (tertiary/aromatic N) is 6. The summed E-state index contributed by atoms with van der Waals surface area (Å²) in [6, 6.07) is 25.2. The molecule has 2 N–H and O–H groups in total. The van der Waals surface area contributed by atoms with Gasteiger partial charge >= 0.3 is 0 Å². The standard InChI is InChI=1S/C92H138N8O24S4/c1-9-101-25-33-109-41-49-117-61-73(62-118-50-42-110-34-26-102-10-2)125-69-17-21-77-81(57-69)89-93-85(77)98-90-83-59-71(127-75(65-121-53-45-113-37-29-105-13-5)66-122-54-46-114-38-30-106-14-6)19-23-79(83)87(95-90)100-92-84-60-72(128-76(67-123-55-47-115-39-31-107-15-7)68-124-56-48-116-40-32-108-16-8)20-24-80(84)88(96-92)99-91-82-58-70(18-22-78(82)86(94-91)97-89)126-74(63-119-51-43-111-35-27-103-11-3)64-120-52-44-112-36-28-104-12-4/h17-24,57-60,73-76H,9-16,25-56,61-68H2,1-8H3,(H2,93,94,95,96,97,98,99,100). The van der Waals surface area contributed by atoms with Gasteiger partial charge in [0, 0.05) is 116 Å². The number of benzene rings is 4. The first-order chi connectivity index (χ1) is 63.3. The average molecular weight is 1870 g/mol. The molecule has 4 aromatic carbocycles. The third-order valence-corrected chi connectivity index (χ3v) is 23.5. The summed E-state index contributed by atoms with van der Waals surface area (Å²) < 4.78 is 141. The predicted octanol–water partition coefficient (Wildman–Crippen LogP) is 13.3. The molecule has 0 radical (unpaired) electrons. The molecule has 9 rings (SSSR count). The molecule has 2 aliphatic rings. The van der Waals surface area contributed by atoms with Crippen molar-refractivity contribution in [3.05, 3.63) is 72.8 Å². The van der Waals surface area contributed by atoms with E-state index in [1.807, 2.05) is 55.4 Å². The van der Waals surface area contributed by atoms with Gasteiger partial charge in [0.2, 0.25) is 0 Å². The van der Waals surface area contributed by atoms with Gasteiger partial charge in [-0.05, 0) is 128 Å². The summed E-state index contributed by atoms with van der Waals surface area (Å²) in [6.07, 6.45) is 0. The maximum Gasteiger partial charge on any atom is 0.164 e. The molecule has 32 nitrogen and oxygen atoms in total. The van der Waals surface area contributed by atoms with Crippen molar-refractivity contribution >= 4 is 91.2 Å². The minimum Gasteiger partial charge on any atom is -0.379 e. The van der Waals surface area contributed by atoms with E-state index < -0.39 is 0 Å². The summed E-state index contributed by atoms with van der Waals surface area (Å²) in [5.41, 5.74) is 5.07. The Morgan fingerprint density at radius 1 is 0.195 bits per heavy atom. The summed E-state index contributed by atoms with van der Waals surface area (Å²) in [4.78, 5) is 44.4. The van der Waals surface area contributed by atoms with Gasteiger partial charge < -0.3 is 124 Å². The van der Waals surface area contributed by atoms with E-state index in [2.05, 4.69) is 82.8 Å². The maximum atomic E-state index is 6.33. The number of hydrogen-bond acceptors (Lipinski definition) is 34. The van der Waals surface area contributed by atoms with Crippen LogP contribution in [0.25, 0.3) is 89.7 Å². The van der Waals surface area contributed by atoms with Gasteiger partial charge in [-0.2, -0.15) is 0 Å². The molecule has 128 heavy (non-hydrogen) atoms. The van der Waals surface area contributed by atoms with E-state index in [0.29, 0.717) is 363 Å². The van der Waals surface area contributed by atoms with Crippen molar-refractivity contribution in [1.29, 1.82) is 0 Å². The summed E-state index contributed by atoms with van der Waals surface area (Å²) in [7, 11) is 0. The monoisotopic (exact) mass is 1870 g/mol.